The summed E-state index contributed by atoms with van der Waals surface area (Å²) in [6, 6.07) is 0.243. The molecule has 1 aliphatic rings. The highest BCUT2D eigenvalue weighted by Gasteiger charge is 2.22. The van der Waals surface area contributed by atoms with Gasteiger partial charge in [0.15, 0.2) is 5.89 Å². The summed E-state index contributed by atoms with van der Waals surface area (Å²) >= 11 is 0. The van der Waals surface area contributed by atoms with E-state index in [4.69, 9.17) is 4.42 Å². The van der Waals surface area contributed by atoms with E-state index in [-0.39, 0.29) is 6.04 Å². The first-order valence-electron chi connectivity index (χ1n) is 5.99. The van der Waals surface area contributed by atoms with Gasteiger partial charge in [-0.2, -0.15) is 0 Å². The highest BCUT2D eigenvalue weighted by molar-refractivity contribution is 5.00. The number of hydrogen-bond acceptors (Lipinski definition) is 4. The second-order valence-corrected chi connectivity index (χ2v) is 4.79. The molecule has 1 N–H and O–H groups in total. The Kier molecular flexibility index (Phi) is 3.61. The van der Waals surface area contributed by atoms with E-state index in [1.54, 1.807) is 0 Å². The van der Waals surface area contributed by atoms with E-state index in [9.17, 15) is 0 Å². The molecule has 0 bridgehead atoms. The summed E-state index contributed by atoms with van der Waals surface area (Å²) in [6.45, 7) is 4.44. The predicted molar refractivity (Wildman–Crippen MR) is 63.3 cm³/mol. The Morgan fingerprint density at radius 1 is 1.69 bits per heavy atom. The van der Waals surface area contributed by atoms with Crippen molar-refractivity contribution in [3.05, 3.63) is 17.8 Å². The molecule has 4 nitrogen and oxygen atoms in total. The van der Waals surface area contributed by atoms with Crippen LogP contribution >= 0.6 is 0 Å². The standard InChI is InChI=1S/C12H21N3O/c1-9(13-2)11-7-14-12(16-11)6-10-4-5-15(3)8-10/h7,9-10,13H,4-6,8H2,1-3H3. The SMILES string of the molecule is CNC(C)c1cnc(CC2CCN(C)C2)o1. The van der Waals surface area contributed by atoms with Crippen molar-refractivity contribution in [3.8, 4) is 0 Å². The maximum atomic E-state index is 5.74. The molecule has 1 aromatic rings. The number of nitrogens with zero attached hydrogens (tertiary/aromatic N) is 2. The third-order valence-electron chi connectivity index (χ3n) is 3.38. The van der Waals surface area contributed by atoms with E-state index in [0.717, 1.165) is 18.1 Å². The van der Waals surface area contributed by atoms with Crippen molar-refractivity contribution in [3.63, 3.8) is 0 Å². The Labute approximate surface area is 97.0 Å². The fourth-order valence-corrected chi connectivity index (χ4v) is 2.20. The molecule has 0 aliphatic carbocycles. The molecule has 0 aromatic carbocycles. The monoisotopic (exact) mass is 223 g/mol. The Bertz CT molecular complexity index is 337. The Morgan fingerprint density at radius 2 is 2.50 bits per heavy atom. The van der Waals surface area contributed by atoms with Crippen LogP contribution in [-0.4, -0.2) is 37.1 Å². The Balaban J connectivity index is 1.92. The second-order valence-electron chi connectivity index (χ2n) is 4.79. The summed E-state index contributed by atoms with van der Waals surface area (Å²) in [4.78, 5) is 6.71. The molecule has 0 radical (unpaired) electrons. The molecule has 16 heavy (non-hydrogen) atoms. The molecule has 2 rings (SSSR count). The first-order chi connectivity index (χ1) is 7.69. The van der Waals surface area contributed by atoms with Crippen molar-refractivity contribution in [1.29, 1.82) is 0 Å². The van der Waals surface area contributed by atoms with Crippen molar-refractivity contribution in [2.75, 3.05) is 27.2 Å². The highest BCUT2D eigenvalue weighted by Crippen LogP contribution is 2.21. The molecule has 2 atom stereocenters. The molecule has 0 amide bonds. The molecule has 1 aliphatic heterocycles. The zero-order chi connectivity index (χ0) is 11.5. The van der Waals surface area contributed by atoms with E-state index in [1.165, 1.54) is 19.5 Å². The minimum atomic E-state index is 0.243. The zero-order valence-electron chi connectivity index (χ0n) is 10.4. The number of hydrogen-bond donors (Lipinski definition) is 1. The molecule has 2 heterocycles. The summed E-state index contributed by atoms with van der Waals surface area (Å²) in [5.74, 6) is 2.53. The number of oxazole rings is 1. The highest BCUT2D eigenvalue weighted by atomic mass is 16.4. The van der Waals surface area contributed by atoms with E-state index < -0.39 is 0 Å². The van der Waals surface area contributed by atoms with Crippen LogP contribution < -0.4 is 5.32 Å². The van der Waals surface area contributed by atoms with Crippen LogP contribution in [0.1, 0.15) is 31.0 Å². The summed E-state index contributed by atoms with van der Waals surface area (Å²) in [5.41, 5.74) is 0. The van der Waals surface area contributed by atoms with Gasteiger partial charge in [0.2, 0.25) is 0 Å². The van der Waals surface area contributed by atoms with Gasteiger partial charge in [0, 0.05) is 13.0 Å². The molecule has 1 saturated heterocycles. The minimum absolute atomic E-state index is 0.243. The molecule has 1 aromatic heterocycles. The largest absolute Gasteiger partial charge is 0.444 e. The molecule has 0 spiro atoms. The van der Waals surface area contributed by atoms with Crippen LogP contribution in [0.25, 0.3) is 0 Å². The van der Waals surface area contributed by atoms with Gasteiger partial charge in [0.05, 0.1) is 12.2 Å². The smallest absolute Gasteiger partial charge is 0.194 e. The van der Waals surface area contributed by atoms with E-state index in [1.807, 2.05) is 13.2 Å². The van der Waals surface area contributed by atoms with Crippen LogP contribution in [0, 0.1) is 5.92 Å². The second kappa shape index (κ2) is 4.97. The minimum Gasteiger partial charge on any atom is -0.444 e. The van der Waals surface area contributed by atoms with Crippen molar-refractivity contribution in [2.45, 2.75) is 25.8 Å². The first kappa shape index (κ1) is 11.6. The number of nitrogens with one attached hydrogen (secondary N) is 1. The van der Waals surface area contributed by atoms with Crippen LogP contribution in [0.15, 0.2) is 10.6 Å². The quantitative estimate of drug-likeness (QED) is 0.839. The average Bonchev–Trinajstić information content (AvgIpc) is 2.87. The third kappa shape index (κ3) is 2.62. The van der Waals surface area contributed by atoms with Gasteiger partial charge in [0.25, 0.3) is 0 Å². The van der Waals surface area contributed by atoms with Gasteiger partial charge in [-0.1, -0.05) is 0 Å². The van der Waals surface area contributed by atoms with Gasteiger partial charge in [-0.05, 0) is 39.9 Å². The van der Waals surface area contributed by atoms with Gasteiger partial charge >= 0.3 is 0 Å². The summed E-state index contributed by atoms with van der Waals surface area (Å²) in [5, 5.41) is 3.15. The van der Waals surface area contributed by atoms with Gasteiger partial charge < -0.3 is 14.6 Å². The van der Waals surface area contributed by atoms with Gasteiger partial charge in [-0.3, -0.25) is 0 Å². The lowest BCUT2D eigenvalue weighted by molar-refractivity contribution is 0.365. The molecule has 90 valence electrons. The fourth-order valence-electron chi connectivity index (χ4n) is 2.20. The van der Waals surface area contributed by atoms with Crippen molar-refractivity contribution >= 4 is 0 Å². The van der Waals surface area contributed by atoms with Crippen LogP contribution in [0.5, 0.6) is 0 Å². The summed E-state index contributed by atoms with van der Waals surface area (Å²) in [7, 11) is 4.10. The maximum Gasteiger partial charge on any atom is 0.194 e. The molecular formula is C12H21N3O. The number of aromatic nitrogens is 1. The first-order valence-corrected chi connectivity index (χ1v) is 5.99. The van der Waals surface area contributed by atoms with Gasteiger partial charge in [-0.25, -0.2) is 4.98 Å². The number of likely N-dealkylation sites (tertiary alicyclic amines) is 1. The topological polar surface area (TPSA) is 41.3 Å². The maximum absolute atomic E-state index is 5.74. The molecule has 0 saturated carbocycles. The average molecular weight is 223 g/mol. The van der Waals surface area contributed by atoms with E-state index in [0.29, 0.717) is 5.92 Å². The molecule has 2 unspecified atom stereocenters. The van der Waals surface area contributed by atoms with E-state index in [2.05, 4.69) is 29.2 Å². The van der Waals surface area contributed by atoms with Crippen molar-refractivity contribution in [1.82, 2.24) is 15.2 Å². The lowest BCUT2D eigenvalue weighted by atomic mass is 10.1. The van der Waals surface area contributed by atoms with Crippen LogP contribution in [0.2, 0.25) is 0 Å². The Morgan fingerprint density at radius 3 is 3.12 bits per heavy atom. The van der Waals surface area contributed by atoms with Gasteiger partial charge in [0.1, 0.15) is 5.76 Å². The number of rotatable bonds is 4. The normalized spacial score (nSPS) is 23.8. The van der Waals surface area contributed by atoms with Gasteiger partial charge in [-0.15, -0.1) is 0 Å². The summed E-state index contributed by atoms with van der Waals surface area (Å²) < 4.78 is 5.74. The van der Waals surface area contributed by atoms with Crippen LogP contribution in [0.4, 0.5) is 0 Å². The lowest BCUT2D eigenvalue weighted by Gasteiger charge is -2.08. The Hall–Kier alpha value is -0.870. The van der Waals surface area contributed by atoms with Crippen LogP contribution in [0.3, 0.4) is 0 Å². The molecule has 4 heteroatoms. The van der Waals surface area contributed by atoms with Crippen molar-refractivity contribution in [2.24, 2.45) is 5.92 Å². The molecular weight excluding hydrogens is 202 g/mol. The lowest BCUT2D eigenvalue weighted by Crippen LogP contribution is -2.15. The fraction of sp³-hybridized carbons (Fsp3) is 0.750. The van der Waals surface area contributed by atoms with Crippen molar-refractivity contribution < 1.29 is 4.42 Å². The third-order valence-corrected chi connectivity index (χ3v) is 3.38. The molecule has 1 fully saturated rings. The zero-order valence-corrected chi connectivity index (χ0v) is 10.4. The van der Waals surface area contributed by atoms with Crippen LogP contribution in [-0.2, 0) is 6.42 Å². The van der Waals surface area contributed by atoms with E-state index >= 15 is 0 Å². The predicted octanol–water partition coefficient (Wildman–Crippen LogP) is 1.45. The summed E-state index contributed by atoms with van der Waals surface area (Å²) in [6.07, 6.45) is 4.08.